The molecule has 1 aliphatic rings. The van der Waals surface area contributed by atoms with Gasteiger partial charge in [0.25, 0.3) is 0 Å². The van der Waals surface area contributed by atoms with Gasteiger partial charge in [0.1, 0.15) is 12.4 Å². The number of fused-ring (bicyclic) bond motifs is 1. The van der Waals surface area contributed by atoms with Crippen molar-refractivity contribution in [2.24, 2.45) is 0 Å². The van der Waals surface area contributed by atoms with Crippen LogP contribution in [0.4, 0.5) is 11.5 Å². The summed E-state index contributed by atoms with van der Waals surface area (Å²) in [7, 11) is 0. The summed E-state index contributed by atoms with van der Waals surface area (Å²) in [5.74, 6) is -0.284. The average Bonchev–Trinajstić information content (AvgIpc) is 3.30. The van der Waals surface area contributed by atoms with Gasteiger partial charge in [0.15, 0.2) is 0 Å². The first kappa shape index (κ1) is 21.5. The van der Waals surface area contributed by atoms with Crippen LogP contribution in [0, 0.1) is 0 Å². The van der Waals surface area contributed by atoms with Crippen LogP contribution in [0.15, 0.2) is 53.3 Å². The maximum absolute atomic E-state index is 12.8. The predicted molar refractivity (Wildman–Crippen MR) is 123 cm³/mol. The molecule has 1 fully saturated rings. The number of nitrogens with one attached hydrogen (secondary N) is 2. The van der Waals surface area contributed by atoms with E-state index in [0.717, 1.165) is 18.2 Å². The largest absolute Gasteiger partial charge is 0.462 e. The third kappa shape index (κ3) is 4.80. The summed E-state index contributed by atoms with van der Waals surface area (Å²) in [4.78, 5) is 41.7. The quantitative estimate of drug-likeness (QED) is 0.551. The number of esters is 1. The summed E-state index contributed by atoms with van der Waals surface area (Å²) < 4.78 is 6.36. The van der Waals surface area contributed by atoms with E-state index in [9.17, 15) is 14.4 Å². The topological polar surface area (TPSA) is 102 Å². The van der Waals surface area contributed by atoms with E-state index in [1.54, 1.807) is 31.2 Å². The molecule has 0 unspecified atom stereocenters. The van der Waals surface area contributed by atoms with E-state index >= 15 is 0 Å². The maximum atomic E-state index is 12.8. The number of amides is 1. The molecule has 0 bridgehead atoms. The lowest BCUT2D eigenvalue weighted by molar-refractivity contribution is -0.116. The van der Waals surface area contributed by atoms with Crippen molar-refractivity contribution in [3.63, 3.8) is 0 Å². The van der Waals surface area contributed by atoms with Crippen LogP contribution in [0.25, 0.3) is 10.9 Å². The van der Waals surface area contributed by atoms with Crippen LogP contribution >= 0.6 is 0 Å². The predicted octanol–water partition coefficient (Wildman–Crippen LogP) is 3.57. The number of nitrogens with zero attached hydrogens (tertiary/aromatic N) is 2. The molecule has 2 N–H and O–H groups in total. The minimum Gasteiger partial charge on any atom is -0.462 e. The first-order chi connectivity index (χ1) is 15.5. The Morgan fingerprint density at radius 1 is 1.12 bits per heavy atom. The summed E-state index contributed by atoms with van der Waals surface area (Å²) in [6, 6.07) is 14.2. The van der Waals surface area contributed by atoms with E-state index in [2.05, 4.69) is 15.6 Å². The minimum atomic E-state index is -0.486. The van der Waals surface area contributed by atoms with E-state index in [-0.39, 0.29) is 13.2 Å². The van der Waals surface area contributed by atoms with E-state index in [1.165, 1.54) is 17.4 Å². The molecule has 0 spiro atoms. The van der Waals surface area contributed by atoms with Crippen LogP contribution in [-0.4, -0.2) is 34.1 Å². The molecule has 0 saturated heterocycles. The second-order valence-corrected chi connectivity index (χ2v) is 7.82. The lowest BCUT2D eigenvalue weighted by Gasteiger charge is -2.17. The molecular weight excluding hydrogens is 408 g/mol. The molecule has 8 nitrogen and oxygen atoms in total. The minimum absolute atomic E-state index is 0.195. The first-order valence-corrected chi connectivity index (χ1v) is 10.9. The van der Waals surface area contributed by atoms with Gasteiger partial charge in [-0.1, -0.05) is 31.0 Å². The lowest BCUT2D eigenvalue weighted by Crippen LogP contribution is -2.31. The summed E-state index contributed by atoms with van der Waals surface area (Å²) in [5, 5.41) is 6.95. The normalized spacial score (nSPS) is 13.8. The van der Waals surface area contributed by atoms with Gasteiger partial charge in [-0.2, -0.15) is 4.98 Å². The number of carbonyl (C=O) groups is 2. The number of rotatable bonds is 7. The fourth-order valence-electron chi connectivity index (χ4n) is 4.04. The standard InChI is InChI=1S/C24H26N4O4/c1-2-32-23(30)16-8-7-11-18(14-16)25-21(29)15-28-20-13-6-5-12-19(20)22(27-24(28)31)26-17-9-3-4-10-17/h5-8,11-14,17H,2-4,9-10,15H2,1H3,(H,25,29)(H,26,27,31). The van der Waals surface area contributed by atoms with Gasteiger partial charge in [-0.05, 0) is 50.1 Å². The van der Waals surface area contributed by atoms with E-state index < -0.39 is 17.6 Å². The summed E-state index contributed by atoms with van der Waals surface area (Å²) in [6.45, 7) is 1.80. The van der Waals surface area contributed by atoms with Crippen LogP contribution < -0.4 is 16.3 Å². The van der Waals surface area contributed by atoms with Gasteiger partial charge in [-0.15, -0.1) is 0 Å². The Hall–Kier alpha value is -3.68. The number of para-hydroxylation sites is 1. The second-order valence-electron chi connectivity index (χ2n) is 7.82. The van der Waals surface area contributed by atoms with Crippen LogP contribution in [0.2, 0.25) is 0 Å². The van der Waals surface area contributed by atoms with Gasteiger partial charge < -0.3 is 15.4 Å². The number of carbonyl (C=O) groups excluding carboxylic acids is 2. The van der Waals surface area contributed by atoms with Gasteiger partial charge in [0.05, 0.1) is 17.7 Å². The molecule has 166 valence electrons. The number of hydrogen-bond acceptors (Lipinski definition) is 6. The molecule has 3 aromatic rings. The Balaban J connectivity index is 1.56. The van der Waals surface area contributed by atoms with Crippen molar-refractivity contribution in [1.29, 1.82) is 0 Å². The zero-order chi connectivity index (χ0) is 22.5. The lowest BCUT2D eigenvalue weighted by atomic mass is 10.2. The van der Waals surface area contributed by atoms with Crippen LogP contribution in [0.5, 0.6) is 0 Å². The highest BCUT2D eigenvalue weighted by molar-refractivity contribution is 5.95. The average molecular weight is 434 g/mol. The van der Waals surface area contributed by atoms with Crippen molar-refractivity contribution in [3.8, 4) is 0 Å². The van der Waals surface area contributed by atoms with Crippen molar-refractivity contribution in [2.75, 3.05) is 17.2 Å². The SMILES string of the molecule is CCOC(=O)c1cccc(NC(=O)Cn2c(=O)nc(NC3CCCC3)c3ccccc32)c1. The zero-order valence-electron chi connectivity index (χ0n) is 18.0. The Kier molecular flexibility index (Phi) is 6.49. The summed E-state index contributed by atoms with van der Waals surface area (Å²) in [6.07, 6.45) is 4.47. The van der Waals surface area contributed by atoms with E-state index in [0.29, 0.717) is 28.6 Å². The molecule has 2 aromatic carbocycles. The van der Waals surface area contributed by atoms with Crippen molar-refractivity contribution in [2.45, 2.75) is 45.2 Å². The molecule has 0 atom stereocenters. The molecule has 4 rings (SSSR count). The molecule has 1 aromatic heterocycles. The summed E-state index contributed by atoms with van der Waals surface area (Å²) >= 11 is 0. The second kappa shape index (κ2) is 9.64. The Morgan fingerprint density at radius 2 is 1.91 bits per heavy atom. The van der Waals surface area contributed by atoms with Crippen LogP contribution in [0.1, 0.15) is 43.0 Å². The fourth-order valence-corrected chi connectivity index (χ4v) is 4.04. The highest BCUT2D eigenvalue weighted by Crippen LogP contribution is 2.25. The molecule has 1 amide bonds. The fraction of sp³-hybridized carbons (Fsp3) is 0.333. The zero-order valence-corrected chi connectivity index (χ0v) is 18.0. The molecule has 0 aliphatic heterocycles. The number of anilines is 2. The third-order valence-electron chi connectivity index (χ3n) is 5.54. The third-order valence-corrected chi connectivity index (χ3v) is 5.54. The monoisotopic (exact) mass is 434 g/mol. The van der Waals surface area contributed by atoms with Crippen molar-refractivity contribution >= 4 is 34.3 Å². The van der Waals surface area contributed by atoms with Gasteiger partial charge in [-0.3, -0.25) is 9.36 Å². The Bertz CT molecular complexity index is 1200. The molecule has 1 heterocycles. The maximum Gasteiger partial charge on any atom is 0.350 e. The van der Waals surface area contributed by atoms with Gasteiger partial charge in [0.2, 0.25) is 5.91 Å². The molecule has 0 radical (unpaired) electrons. The van der Waals surface area contributed by atoms with Crippen LogP contribution in [0.3, 0.4) is 0 Å². The molecule has 1 saturated carbocycles. The molecule has 32 heavy (non-hydrogen) atoms. The number of ether oxygens (including phenoxy) is 1. The highest BCUT2D eigenvalue weighted by atomic mass is 16.5. The summed E-state index contributed by atoms with van der Waals surface area (Å²) in [5.41, 5.74) is 0.949. The van der Waals surface area contributed by atoms with Crippen molar-refractivity contribution in [3.05, 3.63) is 64.6 Å². The molecular formula is C24H26N4O4. The Labute approximate surface area is 185 Å². The Morgan fingerprint density at radius 3 is 2.69 bits per heavy atom. The van der Waals surface area contributed by atoms with E-state index in [4.69, 9.17) is 4.74 Å². The smallest absolute Gasteiger partial charge is 0.350 e. The number of hydrogen-bond donors (Lipinski definition) is 2. The van der Waals surface area contributed by atoms with Gasteiger partial charge >= 0.3 is 11.7 Å². The van der Waals surface area contributed by atoms with Gasteiger partial charge in [0, 0.05) is 17.1 Å². The first-order valence-electron chi connectivity index (χ1n) is 10.9. The van der Waals surface area contributed by atoms with Gasteiger partial charge in [-0.25, -0.2) is 9.59 Å². The van der Waals surface area contributed by atoms with Crippen molar-refractivity contribution in [1.82, 2.24) is 9.55 Å². The number of benzene rings is 2. The van der Waals surface area contributed by atoms with E-state index in [1.807, 2.05) is 24.3 Å². The molecule has 1 aliphatic carbocycles. The highest BCUT2D eigenvalue weighted by Gasteiger charge is 2.19. The number of aromatic nitrogens is 2. The van der Waals surface area contributed by atoms with Crippen molar-refractivity contribution < 1.29 is 14.3 Å². The van der Waals surface area contributed by atoms with Crippen LogP contribution in [-0.2, 0) is 16.1 Å². The molecule has 8 heteroatoms.